The molecule has 1 aromatic rings. The molecule has 0 aliphatic heterocycles. The van der Waals surface area contributed by atoms with Crippen molar-refractivity contribution in [2.24, 2.45) is 0 Å². The van der Waals surface area contributed by atoms with Gasteiger partial charge in [-0.3, -0.25) is 0 Å². The van der Waals surface area contributed by atoms with Crippen molar-refractivity contribution in [1.29, 1.82) is 0 Å². The van der Waals surface area contributed by atoms with Gasteiger partial charge in [0.2, 0.25) is 0 Å². The van der Waals surface area contributed by atoms with Gasteiger partial charge in [0.15, 0.2) is 0 Å². The molecule has 0 radical (unpaired) electrons. The number of hydrogen-bond acceptors (Lipinski definition) is 1. The monoisotopic (exact) mass is 218 g/mol. The molecule has 0 spiro atoms. The highest BCUT2D eigenvalue weighted by atomic mass is 28.3. The maximum atomic E-state index is 10.8. The molecule has 2 heteroatoms. The van der Waals surface area contributed by atoms with E-state index in [1.165, 1.54) is 5.56 Å². The van der Waals surface area contributed by atoms with Gasteiger partial charge in [0.1, 0.15) is 5.94 Å². The van der Waals surface area contributed by atoms with Gasteiger partial charge in [-0.05, 0) is 18.4 Å². The molecule has 0 saturated heterocycles. The average Bonchev–Trinajstić information content (AvgIpc) is 2.18. The molecule has 0 fully saturated rings. The number of aryl methyl sites for hydroxylation is 1. The molecule has 0 bridgehead atoms. The Bertz CT molecular complexity index is 356. The minimum atomic E-state index is -1.45. The third kappa shape index (κ3) is 3.86. The number of hydrogen-bond donors (Lipinski definition) is 0. The molecule has 0 aromatic heterocycles. The summed E-state index contributed by atoms with van der Waals surface area (Å²) >= 11 is 0. The zero-order chi connectivity index (χ0) is 11.3. The topological polar surface area (TPSA) is 17.1 Å². The van der Waals surface area contributed by atoms with Crippen LogP contribution in [0.15, 0.2) is 35.5 Å². The van der Waals surface area contributed by atoms with E-state index in [0.717, 1.165) is 18.0 Å². The molecule has 0 aliphatic rings. The third-order valence-electron chi connectivity index (χ3n) is 2.54. The lowest BCUT2D eigenvalue weighted by atomic mass is 10.1. The Morgan fingerprint density at radius 2 is 1.80 bits per heavy atom. The summed E-state index contributed by atoms with van der Waals surface area (Å²) in [5, 5.41) is 1.01. The van der Waals surface area contributed by atoms with Crippen molar-refractivity contribution in [3.63, 3.8) is 0 Å². The van der Waals surface area contributed by atoms with Crippen molar-refractivity contribution in [3.8, 4) is 0 Å². The van der Waals surface area contributed by atoms with Crippen LogP contribution in [0.2, 0.25) is 19.6 Å². The van der Waals surface area contributed by atoms with Crippen LogP contribution in [-0.4, -0.2) is 14.0 Å². The van der Waals surface area contributed by atoms with Crippen molar-refractivity contribution < 1.29 is 4.79 Å². The first kappa shape index (κ1) is 12.0. The zero-order valence-electron chi connectivity index (χ0n) is 9.71. The third-order valence-corrected chi connectivity index (χ3v) is 4.70. The zero-order valence-corrected chi connectivity index (χ0v) is 10.7. The van der Waals surface area contributed by atoms with E-state index in [4.69, 9.17) is 0 Å². The maximum absolute atomic E-state index is 10.8. The van der Waals surface area contributed by atoms with Gasteiger partial charge in [-0.15, -0.1) is 0 Å². The first-order valence-corrected chi connectivity index (χ1v) is 8.82. The number of carbonyl (C=O) groups excluding carboxylic acids is 1. The molecule has 0 N–H and O–H groups in total. The number of rotatable bonds is 4. The second-order valence-electron chi connectivity index (χ2n) is 4.82. The van der Waals surface area contributed by atoms with E-state index in [0.29, 0.717) is 0 Å². The quantitative estimate of drug-likeness (QED) is 0.560. The SMILES string of the molecule is C[Si](C)(C)C(=C=O)CCc1ccccc1. The predicted molar refractivity (Wildman–Crippen MR) is 67.3 cm³/mol. The molecule has 0 aliphatic carbocycles. The normalized spacial score (nSPS) is 10.9. The molecule has 1 nitrogen and oxygen atoms in total. The van der Waals surface area contributed by atoms with Crippen molar-refractivity contribution in [3.05, 3.63) is 41.1 Å². The van der Waals surface area contributed by atoms with E-state index in [9.17, 15) is 4.79 Å². The van der Waals surface area contributed by atoms with Crippen LogP contribution in [-0.2, 0) is 11.2 Å². The van der Waals surface area contributed by atoms with Gasteiger partial charge >= 0.3 is 0 Å². The molecule has 1 rings (SSSR count). The molecule has 15 heavy (non-hydrogen) atoms. The van der Waals surface area contributed by atoms with Crippen molar-refractivity contribution in [1.82, 2.24) is 0 Å². The molecule has 0 atom stereocenters. The number of allylic oxidation sites excluding steroid dienone is 1. The van der Waals surface area contributed by atoms with Crippen molar-refractivity contribution in [2.75, 3.05) is 0 Å². The van der Waals surface area contributed by atoms with Crippen LogP contribution >= 0.6 is 0 Å². The highest BCUT2D eigenvalue weighted by molar-refractivity contribution is 6.84. The lowest BCUT2D eigenvalue weighted by Crippen LogP contribution is -2.24. The molecular weight excluding hydrogens is 200 g/mol. The second kappa shape index (κ2) is 5.10. The molecule has 0 unspecified atom stereocenters. The molecular formula is C13H18OSi. The van der Waals surface area contributed by atoms with Crippen LogP contribution in [0.4, 0.5) is 0 Å². The summed E-state index contributed by atoms with van der Waals surface area (Å²) < 4.78 is 0. The molecule has 0 heterocycles. The Kier molecular flexibility index (Phi) is 4.07. The molecule has 0 saturated carbocycles. The Morgan fingerprint density at radius 1 is 1.20 bits per heavy atom. The highest BCUT2D eigenvalue weighted by Gasteiger charge is 2.20. The first-order valence-electron chi connectivity index (χ1n) is 5.32. The molecule has 80 valence electrons. The van der Waals surface area contributed by atoms with E-state index in [1.54, 1.807) is 0 Å². The lowest BCUT2D eigenvalue weighted by Gasteiger charge is -2.16. The predicted octanol–water partition coefficient (Wildman–Crippen LogP) is 3.25. The Morgan fingerprint density at radius 3 is 2.27 bits per heavy atom. The van der Waals surface area contributed by atoms with Crippen LogP contribution in [0.1, 0.15) is 12.0 Å². The van der Waals surface area contributed by atoms with E-state index >= 15 is 0 Å². The summed E-state index contributed by atoms with van der Waals surface area (Å²) in [5.74, 6) is 2.14. The van der Waals surface area contributed by atoms with Gasteiger partial charge < -0.3 is 0 Å². The minimum Gasteiger partial charge on any atom is -0.234 e. The molecule has 1 aromatic carbocycles. The van der Waals surface area contributed by atoms with E-state index in [-0.39, 0.29) is 0 Å². The largest absolute Gasteiger partial charge is 0.234 e. The van der Waals surface area contributed by atoms with Gasteiger partial charge in [0.05, 0.1) is 8.07 Å². The number of benzene rings is 1. The van der Waals surface area contributed by atoms with Gasteiger partial charge in [-0.2, -0.15) is 0 Å². The van der Waals surface area contributed by atoms with Crippen LogP contribution in [0, 0.1) is 0 Å². The van der Waals surface area contributed by atoms with Crippen LogP contribution in [0.5, 0.6) is 0 Å². The Hall–Kier alpha value is -1.11. The van der Waals surface area contributed by atoms with Crippen LogP contribution in [0.3, 0.4) is 0 Å². The average molecular weight is 218 g/mol. The summed E-state index contributed by atoms with van der Waals surface area (Å²) in [4.78, 5) is 10.8. The highest BCUT2D eigenvalue weighted by Crippen LogP contribution is 2.17. The minimum absolute atomic E-state index is 0.864. The Labute approximate surface area is 92.8 Å². The summed E-state index contributed by atoms with van der Waals surface area (Å²) in [6.45, 7) is 6.58. The smallest absolute Gasteiger partial charge is 0.119 e. The Balaban J connectivity index is 2.61. The summed E-state index contributed by atoms with van der Waals surface area (Å²) in [5.41, 5.74) is 1.29. The fraction of sp³-hybridized carbons (Fsp3) is 0.385. The summed E-state index contributed by atoms with van der Waals surface area (Å²) in [6.07, 6.45) is 1.82. The van der Waals surface area contributed by atoms with Gasteiger partial charge in [-0.25, -0.2) is 4.79 Å². The van der Waals surface area contributed by atoms with Gasteiger partial charge in [-0.1, -0.05) is 50.0 Å². The van der Waals surface area contributed by atoms with Crippen molar-refractivity contribution >= 4 is 14.0 Å². The van der Waals surface area contributed by atoms with Gasteiger partial charge in [0.25, 0.3) is 0 Å². The maximum Gasteiger partial charge on any atom is 0.119 e. The summed E-state index contributed by atoms with van der Waals surface area (Å²) in [7, 11) is -1.45. The van der Waals surface area contributed by atoms with E-state index < -0.39 is 8.07 Å². The standard InChI is InChI=1S/C13H18OSi/c1-15(2,3)13(11-14)10-9-12-7-5-4-6-8-12/h4-8H,9-10H2,1-3H3. The fourth-order valence-electron chi connectivity index (χ4n) is 1.49. The van der Waals surface area contributed by atoms with E-state index in [1.807, 2.05) is 18.2 Å². The first-order chi connectivity index (χ1) is 7.04. The van der Waals surface area contributed by atoms with Crippen LogP contribution in [0.25, 0.3) is 0 Å². The second-order valence-corrected chi connectivity index (χ2v) is 9.92. The fourth-order valence-corrected chi connectivity index (χ4v) is 2.67. The lowest BCUT2D eigenvalue weighted by molar-refractivity contribution is 0.567. The summed E-state index contributed by atoms with van der Waals surface area (Å²) in [6, 6.07) is 10.3. The van der Waals surface area contributed by atoms with Crippen molar-refractivity contribution in [2.45, 2.75) is 32.5 Å². The van der Waals surface area contributed by atoms with Crippen LogP contribution < -0.4 is 0 Å². The molecule has 0 amide bonds. The van der Waals surface area contributed by atoms with Gasteiger partial charge in [0, 0.05) is 5.20 Å². The van der Waals surface area contributed by atoms with E-state index in [2.05, 4.69) is 37.7 Å².